The summed E-state index contributed by atoms with van der Waals surface area (Å²) >= 11 is 0.937. The normalized spacial score (nSPS) is 13.1. The van der Waals surface area contributed by atoms with Gasteiger partial charge < -0.3 is 29.5 Å². The molecule has 0 saturated heterocycles. The summed E-state index contributed by atoms with van der Waals surface area (Å²) in [5.41, 5.74) is 4.16. The molecule has 1 aromatic heterocycles. The van der Waals surface area contributed by atoms with Crippen molar-refractivity contribution >= 4 is 19.9 Å². The summed E-state index contributed by atoms with van der Waals surface area (Å²) in [6.07, 6.45) is -8.43. The molecule has 4 N–H and O–H groups in total. The molecule has 0 spiro atoms. The number of alkyl halides is 6. The second kappa shape index (κ2) is 13.0. The molecule has 208 valence electrons. The third-order valence-corrected chi connectivity index (χ3v) is 6.39. The van der Waals surface area contributed by atoms with Crippen LogP contribution in [0.15, 0.2) is 42.5 Å². The minimum atomic E-state index is -4.71. The molecule has 16 heteroatoms. The molecule has 0 amide bonds. The summed E-state index contributed by atoms with van der Waals surface area (Å²) in [5.74, 6) is -0.131. The molecule has 2 aromatic carbocycles. The van der Waals surface area contributed by atoms with Gasteiger partial charge in [-0.2, -0.15) is 26.3 Å². The van der Waals surface area contributed by atoms with Gasteiger partial charge in [-0.1, -0.05) is 11.3 Å². The second-order valence-electron chi connectivity index (χ2n) is 7.74. The summed E-state index contributed by atoms with van der Waals surface area (Å²) in [6, 6.07) is 6.79. The summed E-state index contributed by atoms with van der Waals surface area (Å²) in [5, 5.41) is 8.10. The molecule has 0 aliphatic heterocycles. The van der Waals surface area contributed by atoms with Crippen molar-refractivity contribution in [2.45, 2.75) is 31.2 Å². The maximum Gasteiger partial charge on any atom is 0.419 e. The van der Waals surface area contributed by atoms with E-state index in [0.717, 1.165) is 29.5 Å². The lowest BCUT2D eigenvalue weighted by atomic mass is 10.1. The zero-order chi connectivity index (χ0) is 27.9. The molecule has 0 saturated carbocycles. The highest BCUT2D eigenvalue weighted by atomic mass is 32.1. The van der Waals surface area contributed by atoms with Crippen LogP contribution in [0.25, 0.3) is 10.6 Å². The Bertz CT molecular complexity index is 1180. The zero-order valence-electron chi connectivity index (χ0n) is 19.4. The van der Waals surface area contributed by atoms with E-state index in [0.29, 0.717) is 12.8 Å². The summed E-state index contributed by atoms with van der Waals surface area (Å²) in [6.45, 7) is -0.164. The molecule has 0 bridgehead atoms. The van der Waals surface area contributed by atoms with Crippen molar-refractivity contribution in [2.75, 3.05) is 19.8 Å². The van der Waals surface area contributed by atoms with Gasteiger partial charge in [0.2, 0.25) is 0 Å². The van der Waals surface area contributed by atoms with E-state index in [2.05, 4.69) is 14.7 Å². The average Bonchev–Trinajstić information content (AvgIpc) is 3.34. The number of halogens is 6. The third kappa shape index (κ3) is 8.75. The van der Waals surface area contributed by atoms with Gasteiger partial charge in [-0.25, -0.2) is 0 Å². The maximum atomic E-state index is 13.7. The molecule has 3 rings (SSSR count). The number of nitrogens with two attached hydrogens (primary N) is 1. The summed E-state index contributed by atoms with van der Waals surface area (Å²) in [7, 11) is -2.61. The minimum absolute atomic E-state index is 0.0468. The van der Waals surface area contributed by atoms with Crippen LogP contribution in [0.2, 0.25) is 0 Å². The van der Waals surface area contributed by atoms with E-state index >= 15 is 0 Å². The molecular weight excluding hydrogens is 563 g/mol. The Morgan fingerprint density at radius 1 is 0.895 bits per heavy atom. The SMILES string of the molecule is NC(COP(O)O)c1nnc(-c2ccc(OCCCCOc3ccc(C(F)(F)F)cc3)c(C(F)(F)F)c2)s1. The smallest absolute Gasteiger partial charge is 0.419 e. The first-order valence-corrected chi connectivity index (χ1v) is 12.9. The van der Waals surface area contributed by atoms with Gasteiger partial charge in [-0.05, 0) is 55.3 Å². The quantitative estimate of drug-likeness (QED) is 0.141. The van der Waals surface area contributed by atoms with Gasteiger partial charge in [0.1, 0.15) is 21.5 Å². The van der Waals surface area contributed by atoms with Crippen molar-refractivity contribution in [3.8, 4) is 22.1 Å². The lowest BCUT2D eigenvalue weighted by Crippen LogP contribution is -2.15. The molecule has 1 atom stereocenters. The lowest BCUT2D eigenvalue weighted by molar-refractivity contribution is -0.139. The Morgan fingerprint density at radius 3 is 2.16 bits per heavy atom. The first kappa shape index (κ1) is 30.0. The van der Waals surface area contributed by atoms with Crippen molar-refractivity contribution in [3.63, 3.8) is 0 Å². The van der Waals surface area contributed by atoms with Crippen LogP contribution < -0.4 is 15.2 Å². The highest BCUT2D eigenvalue weighted by molar-refractivity contribution is 7.39. The number of nitrogens with zero attached hydrogens (tertiary/aromatic N) is 2. The summed E-state index contributed by atoms with van der Waals surface area (Å²) in [4.78, 5) is 17.6. The Morgan fingerprint density at radius 2 is 1.55 bits per heavy atom. The molecule has 0 fully saturated rings. The molecule has 0 aliphatic carbocycles. The first-order chi connectivity index (χ1) is 17.8. The Kier molecular flexibility index (Phi) is 10.3. The largest absolute Gasteiger partial charge is 0.494 e. The van der Waals surface area contributed by atoms with E-state index in [1.165, 1.54) is 24.3 Å². The van der Waals surface area contributed by atoms with Gasteiger partial charge in [0.25, 0.3) is 0 Å². The predicted molar refractivity (Wildman–Crippen MR) is 126 cm³/mol. The van der Waals surface area contributed by atoms with E-state index in [-0.39, 0.29) is 46.9 Å². The van der Waals surface area contributed by atoms with Crippen LogP contribution in [0.5, 0.6) is 11.5 Å². The number of ether oxygens (including phenoxy) is 2. The number of hydrogen-bond acceptors (Lipinski definition) is 9. The lowest BCUT2D eigenvalue weighted by Gasteiger charge is -2.15. The van der Waals surface area contributed by atoms with Crippen LogP contribution in [0.1, 0.15) is 35.0 Å². The van der Waals surface area contributed by atoms with Gasteiger partial charge in [0.15, 0.2) is 0 Å². The Balaban J connectivity index is 1.55. The van der Waals surface area contributed by atoms with E-state index < -0.39 is 38.1 Å². The number of aromatic nitrogens is 2. The van der Waals surface area contributed by atoms with Crippen molar-refractivity contribution in [1.82, 2.24) is 10.2 Å². The zero-order valence-corrected chi connectivity index (χ0v) is 21.1. The monoisotopic (exact) mass is 585 g/mol. The van der Waals surface area contributed by atoms with Crippen LogP contribution in [-0.2, 0) is 16.9 Å². The number of benzene rings is 2. The van der Waals surface area contributed by atoms with Gasteiger partial charge in [-0.15, -0.1) is 10.2 Å². The number of hydrogen-bond donors (Lipinski definition) is 3. The van der Waals surface area contributed by atoms with Gasteiger partial charge in [0.05, 0.1) is 37.0 Å². The highest BCUT2D eigenvalue weighted by Gasteiger charge is 2.35. The van der Waals surface area contributed by atoms with Crippen molar-refractivity contribution < 1.29 is 50.1 Å². The van der Waals surface area contributed by atoms with E-state index in [4.69, 9.17) is 25.0 Å². The Hall–Kier alpha value is -2.55. The van der Waals surface area contributed by atoms with Crippen molar-refractivity contribution in [1.29, 1.82) is 0 Å². The van der Waals surface area contributed by atoms with Crippen LogP contribution in [0.3, 0.4) is 0 Å². The molecular formula is C22H22F6N3O5PS. The molecule has 8 nitrogen and oxygen atoms in total. The van der Waals surface area contributed by atoms with E-state index in [1.54, 1.807) is 0 Å². The second-order valence-corrected chi connectivity index (χ2v) is 9.51. The van der Waals surface area contributed by atoms with Crippen LogP contribution in [0, 0.1) is 0 Å². The molecule has 0 radical (unpaired) electrons. The maximum absolute atomic E-state index is 13.7. The fraction of sp³-hybridized carbons (Fsp3) is 0.364. The molecule has 38 heavy (non-hydrogen) atoms. The fourth-order valence-electron chi connectivity index (χ4n) is 3.05. The minimum Gasteiger partial charge on any atom is -0.494 e. The Labute approximate surface area is 218 Å². The van der Waals surface area contributed by atoms with Crippen molar-refractivity contribution in [2.24, 2.45) is 5.73 Å². The van der Waals surface area contributed by atoms with Gasteiger partial charge in [0, 0.05) is 5.56 Å². The van der Waals surface area contributed by atoms with Crippen LogP contribution in [-0.4, -0.2) is 39.8 Å². The molecule has 0 aliphatic rings. The fourth-order valence-corrected chi connectivity index (χ4v) is 4.17. The average molecular weight is 585 g/mol. The first-order valence-electron chi connectivity index (χ1n) is 10.9. The van der Waals surface area contributed by atoms with Crippen molar-refractivity contribution in [3.05, 3.63) is 58.6 Å². The van der Waals surface area contributed by atoms with Gasteiger partial charge in [-0.3, -0.25) is 0 Å². The van der Waals surface area contributed by atoms with Crippen LogP contribution >= 0.6 is 19.9 Å². The molecule has 1 unspecified atom stereocenters. The van der Waals surface area contributed by atoms with E-state index in [1.807, 2.05) is 0 Å². The number of rotatable bonds is 12. The predicted octanol–water partition coefficient (Wildman–Crippen LogP) is 5.71. The molecule has 3 aromatic rings. The summed E-state index contributed by atoms with van der Waals surface area (Å²) < 4.78 is 94.2. The van der Waals surface area contributed by atoms with Gasteiger partial charge >= 0.3 is 21.0 Å². The topological polar surface area (TPSA) is 120 Å². The highest BCUT2D eigenvalue weighted by Crippen LogP contribution is 2.40. The molecule has 1 heterocycles. The van der Waals surface area contributed by atoms with Crippen LogP contribution in [0.4, 0.5) is 26.3 Å². The van der Waals surface area contributed by atoms with E-state index in [9.17, 15) is 26.3 Å². The number of unbranched alkanes of at least 4 members (excludes halogenated alkanes) is 1. The third-order valence-electron chi connectivity index (χ3n) is 4.91. The standard InChI is InChI=1S/C22H22F6N3O5PS/c23-21(24,25)14-4-6-15(7-5-14)34-9-1-2-10-35-18-8-3-13(11-16(18)22(26,27)28)19-30-31-20(38-19)17(29)12-36-37(32)33/h3-8,11,17,32-33H,1-2,9-10,12,29H2.